The predicted molar refractivity (Wildman–Crippen MR) is 113 cm³/mol. The summed E-state index contributed by atoms with van der Waals surface area (Å²) < 4.78 is 7.03. The maximum atomic E-state index is 12.3. The van der Waals surface area contributed by atoms with Gasteiger partial charge in [0.05, 0.1) is 0 Å². The third-order valence-electron chi connectivity index (χ3n) is 4.61. The molecule has 7 heteroatoms. The first-order chi connectivity index (χ1) is 14.3. The number of hydrogen-bond donors (Lipinski definition) is 2. The van der Waals surface area contributed by atoms with Crippen molar-refractivity contribution >= 4 is 34.8 Å². The van der Waals surface area contributed by atoms with Gasteiger partial charge in [-0.1, -0.05) is 36.4 Å². The van der Waals surface area contributed by atoms with Gasteiger partial charge in [-0.3, -0.25) is 9.59 Å². The number of carbonyl (C=O) groups excluding carboxylic acids is 2. The summed E-state index contributed by atoms with van der Waals surface area (Å²) in [6.45, 7) is 1.29. The van der Waals surface area contributed by atoms with Gasteiger partial charge in [-0.25, -0.2) is 4.79 Å². The van der Waals surface area contributed by atoms with Gasteiger partial charge >= 0.3 is 11.9 Å². The van der Waals surface area contributed by atoms with Crippen molar-refractivity contribution in [2.45, 2.75) is 19.4 Å². The van der Waals surface area contributed by atoms with E-state index in [2.05, 4.69) is 5.32 Å². The number of aromatic nitrogens is 1. The highest BCUT2D eigenvalue weighted by Gasteiger charge is 2.21. The highest BCUT2D eigenvalue weighted by Crippen LogP contribution is 2.22. The van der Waals surface area contributed by atoms with Gasteiger partial charge in [-0.05, 0) is 23.8 Å². The number of aryl methyl sites for hydroxylation is 1. The number of ether oxygens (including phenoxy) is 1. The number of nitrogens with zero attached hydrogens (tertiary/aromatic N) is 1. The number of carboxylic acid groups (broad SMARTS) is 1. The van der Waals surface area contributed by atoms with Gasteiger partial charge in [0.15, 0.2) is 0 Å². The molecule has 0 spiro atoms. The second kappa shape index (κ2) is 9.09. The molecule has 0 fully saturated rings. The van der Waals surface area contributed by atoms with Crippen LogP contribution in [-0.2, 0) is 27.9 Å². The van der Waals surface area contributed by atoms with E-state index in [-0.39, 0.29) is 6.42 Å². The minimum absolute atomic E-state index is 0.153. The fraction of sp³-hybridized carbons (Fsp3) is 0.174. The summed E-state index contributed by atoms with van der Waals surface area (Å²) in [5, 5.41) is 13.1. The van der Waals surface area contributed by atoms with Gasteiger partial charge in [0.25, 0.3) is 0 Å². The molecule has 154 valence electrons. The topological polar surface area (TPSA) is 97.6 Å². The molecule has 2 aromatic carbocycles. The lowest BCUT2D eigenvalue weighted by atomic mass is 10.0. The van der Waals surface area contributed by atoms with Crippen LogP contribution in [0, 0.1) is 0 Å². The molecule has 3 aromatic rings. The Bertz CT molecular complexity index is 1130. The van der Waals surface area contributed by atoms with Crippen LogP contribution in [0.5, 0.6) is 5.75 Å². The predicted octanol–water partition coefficient (Wildman–Crippen LogP) is 2.93. The van der Waals surface area contributed by atoms with E-state index in [9.17, 15) is 19.5 Å². The lowest BCUT2D eigenvalue weighted by Gasteiger charge is -2.13. The van der Waals surface area contributed by atoms with Gasteiger partial charge in [-0.2, -0.15) is 0 Å². The van der Waals surface area contributed by atoms with Gasteiger partial charge < -0.3 is 19.7 Å². The van der Waals surface area contributed by atoms with Gasteiger partial charge in [-0.15, -0.1) is 0 Å². The molecule has 2 N–H and O–H groups in total. The van der Waals surface area contributed by atoms with Crippen molar-refractivity contribution in [1.29, 1.82) is 0 Å². The summed E-state index contributed by atoms with van der Waals surface area (Å²) in [6.07, 6.45) is 4.73. The zero-order valence-electron chi connectivity index (χ0n) is 16.7. The van der Waals surface area contributed by atoms with Crippen molar-refractivity contribution in [3.05, 3.63) is 71.9 Å². The molecule has 0 saturated heterocycles. The molecule has 0 bridgehead atoms. The van der Waals surface area contributed by atoms with E-state index in [1.54, 1.807) is 24.3 Å². The van der Waals surface area contributed by atoms with Crippen LogP contribution in [0.15, 0.2) is 60.8 Å². The minimum Gasteiger partial charge on any atom is -0.480 e. The van der Waals surface area contributed by atoms with Crippen molar-refractivity contribution in [3.8, 4) is 5.75 Å². The number of fused-ring (bicyclic) bond motifs is 1. The van der Waals surface area contributed by atoms with Crippen LogP contribution >= 0.6 is 0 Å². The van der Waals surface area contributed by atoms with E-state index >= 15 is 0 Å². The third-order valence-corrected chi connectivity index (χ3v) is 4.61. The molecule has 0 saturated carbocycles. The fourth-order valence-corrected chi connectivity index (χ4v) is 3.26. The molecule has 30 heavy (non-hydrogen) atoms. The van der Waals surface area contributed by atoms with Crippen molar-refractivity contribution < 1.29 is 24.2 Å². The highest BCUT2D eigenvalue weighted by molar-refractivity contribution is 5.95. The Morgan fingerprint density at radius 2 is 1.83 bits per heavy atom. The van der Waals surface area contributed by atoms with Crippen LogP contribution in [0.2, 0.25) is 0 Å². The van der Waals surface area contributed by atoms with Crippen molar-refractivity contribution in [2.75, 3.05) is 0 Å². The molecular weight excluding hydrogens is 384 g/mol. The van der Waals surface area contributed by atoms with Crippen molar-refractivity contribution in [3.63, 3.8) is 0 Å². The first-order valence-corrected chi connectivity index (χ1v) is 9.37. The Morgan fingerprint density at radius 3 is 2.57 bits per heavy atom. The molecule has 1 amide bonds. The van der Waals surface area contributed by atoms with E-state index in [1.165, 1.54) is 19.1 Å². The second-order valence-electron chi connectivity index (χ2n) is 6.85. The Kier molecular flexibility index (Phi) is 6.32. The summed E-state index contributed by atoms with van der Waals surface area (Å²) in [5.41, 5.74) is 2.36. The van der Waals surface area contributed by atoms with Crippen LogP contribution in [0.1, 0.15) is 18.1 Å². The summed E-state index contributed by atoms with van der Waals surface area (Å²) in [7, 11) is 1.89. The van der Waals surface area contributed by atoms with Crippen molar-refractivity contribution in [2.24, 2.45) is 7.05 Å². The molecule has 0 aliphatic heterocycles. The van der Waals surface area contributed by atoms with E-state index < -0.39 is 23.9 Å². The number of carboxylic acids is 1. The number of rotatable bonds is 7. The van der Waals surface area contributed by atoms with Crippen LogP contribution in [0.4, 0.5) is 0 Å². The molecular formula is C23H22N2O5. The average Bonchev–Trinajstić information content (AvgIpc) is 3.02. The number of aliphatic carboxylic acids is 1. The van der Waals surface area contributed by atoms with Gasteiger partial charge in [0.2, 0.25) is 5.91 Å². The molecule has 0 radical (unpaired) electrons. The molecule has 0 aliphatic carbocycles. The van der Waals surface area contributed by atoms with Crippen LogP contribution in [-0.4, -0.2) is 33.6 Å². The minimum atomic E-state index is -1.12. The fourth-order valence-electron chi connectivity index (χ4n) is 3.26. The Morgan fingerprint density at radius 1 is 1.13 bits per heavy atom. The summed E-state index contributed by atoms with van der Waals surface area (Å²) in [5.74, 6) is -1.83. The van der Waals surface area contributed by atoms with E-state index in [4.69, 9.17) is 4.74 Å². The zero-order chi connectivity index (χ0) is 21.7. The molecule has 0 unspecified atom stereocenters. The maximum absolute atomic E-state index is 12.3. The number of benzene rings is 2. The summed E-state index contributed by atoms with van der Waals surface area (Å²) in [4.78, 5) is 35.3. The zero-order valence-corrected chi connectivity index (χ0v) is 16.7. The standard InChI is InChI=1S/C23H22N2O5/c1-15(26)30-21-10-6-3-7-16(21)11-12-22(27)24-19(23(28)29)13-17-14-25(2)20-9-5-4-8-18(17)20/h3-12,14,19H,13H2,1-2H3,(H,24,27)(H,28,29)/b12-11+/t19-/m0/s1. The molecule has 1 atom stereocenters. The van der Waals surface area contributed by atoms with Crippen LogP contribution in [0.25, 0.3) is 17.0 Å². The largest absolute Gasteiger partial charge is 0.480 e. The monoisotopic (exact) mass is 406 g/mol. The van der Waals surface area contributed by atoms with E-state index in [0.717, 1.165) is 16.5 Å². The first kappa shape index (κ1) is 20.9. The average molecular weight is 406 g/mol. The molecule has 3 rings (SSSR count). The van der Waals surface area contributed by atoms with Gasteiger partial charge in [0.1, 0.15) is 11.8 Å². The SMILES string of the molecule is CC(=O)Oc1ccccc1/C=C/C(=O)N[C@@H](Cc1cn(C)c2ccccc12)C(=O)O. The molecule has 1 aromatic heterocycles. The number of nitrogens with one attached hydrogen (secondary N) is 1. The second-order valence-corrected chi connectivity index (χ2v) is 6.85. The quantitative estimate of drug-likeness (QED) is 0.357. The third kappa shape index (κ3) is 4.94. The summed E-state index contributed by atoms with van der Waals surface area (Å²) in [6, 6.07) is 13.4. The molecule has 7 nitrogen and oxygen atoms in total. The maximum Gasteiger partial charge on any atom is 0.326 e. The van der Waals surface area contributed by atoms with E-state index in [1.807, 2.05) is 42.1 Å². The van der Waals surface area contributed by atoms with Crippen LogP contribution in [0.3, 0.4) is 0 Å². The van der Waals surface area contributed by atoms with Crippen LogP contribution < -0.4 is 10.1 Å². The number of esters is 1. The molecule has 1 heterocycles. The van der Waals surface area contributed by atoms with E-state index in [0.29, 0.717) is 11.3 Å². The van der Waals surface area contributed by atoms with Gasteiger partial charge in [0, 0.05) is 49.1 Å². The first-order valence-electron chi connectivity index (χ1n) is 9.37. The highest BCUT2D eigenvalue weighted by atomic mass is 16.5. The number of hydrogen-bond acceptors (Lipinski definition) is 4. The normalized spacial score (nSPS) is 12.1. The Labute approximate surface area is 173 Å². The summed E-state index contributed by atoms with van der Waals surface area (Å²) >= 11 is 0. The smallest absolute Gasteiger partial charge is 0.326 e. The number of para-hydroxylation sites is 2. The lowest BCUT2D eigenvalue weighted by Crippen LogP contribution is -2.41. The Balaban J connectivity index is 1.74. The number of amides is 1. The molecule has 0 aliphatic rings. The van der Waals surface area contributed by atoms with Crippen molar-refractivity contribution in [1.82, 2.24) is 9.88 Å². The number of carbonyl (C=O) groups is 3. The lowest BCUT2D eigenvalue weighted by molar-refractivity contribution is -0.141. The Hall–Kier alpha value is -3.87.